The summed E-state index contributed by atoms with van der Waals surface area (Å²) in [5.74, 6) is 1.72. The summed E-state index contributed by atoms with van der Waals surface area (Å²) < 4.78 is 2.17. The topological polar surface area (TPSA) is 66.5 Å². The van der Waals surface area contributed by atoms with Crippen LogP contribution in [0.4, 0.5) is 5.82 Å². The van der Waals surface area contributed by atoms with Crippen molar-refractivity contribution in [2.75, 3.05) is 5.32 Å². The van der Waals surface area contributed by atoms with Gasteiger partial charge in [-0.1, -0.05) is 30.3 Å². The molecule has 3 rings (SSSR count). The molecular weight excluding hydrogens is 298 g/mol. The highest BCUT2D eigenvalue weighted by atomic mass is 15.1. The number of anilines is 1. The Kier molecular flexibility index (Phi) is 5.21. The quantitative estimate of drug-likeness (QED) is 0.725. The molecule has 1 aromatic carbocycles. The number of hydrogen-bond acceptors (Lipinski definition) is 4. The van der Waals surface area contributed by atoms with Gasteiger partial charge in [0.25, 0.3) is 0 Å². The third kappa shape index (κ3) is 4.20. The van der Waals surface area contributed by atoms with Crippen LogP contribution >= 0.6 is 0 Å². The Bertz CT molecular complexity index is 800. The second-order valence-corrected chi connectivity index (χ2v) is 5.52. The fraction of sp³-hybridized carbons (Fsp3) is 0.211. The first-order valence-electron chi connectivity index (χ1n) is 7.99. The molecule has 120 valence electrons. The summed E-state index contributed by atoms with van der Waals surface area (Å²) in [7, 11) is 0. The summed E-state index contributed by atoms with van der Waals surface area (Å²) >= 11 is 0. The number of nitriles is 1. The Morgan fingerprint density at radius 2 is 1.96 bits per heavy atom. The minimum atomic E-state index is 0.558. The summed E-state index contributed by atoms with van der Waals surface area (Å²) in [4.78, 5) is 8.62. The summed E-state index contributed by atoms with van der Waals surface area (Å²) in [5.41, 5.74) is 1.92. The maximum absolute atomic E-state index is 8.79. The van der Waals surface area contributed by atoms with Gasteiger partial charge in [0.05, 0.1) is 12.1 Å². The highest BCUT2D eigenvalue weighted by Gasteiger charge is 2.03. The van der Waals surface area contributed by atoms with E-state index < -0.39 is 0 Å². The standard InChI is InChI=1S/C19H19N5/c20-13-17-8-9-18(22-14-17)23-15-19-21-10-12-24(19)11-4-7-16-5-2-1-3-6-16/h1-3,5-6,8-10,12,14H,4,7,11,15H2,(H,22,23). The Morgan fingerprint density at radius 1 is 1.08 bits per heavy atom. The van der Waals surface area contributed by atoms with Gasteiger partial charge in [0.15, 0.2) is 0 Å². The highest BCUT2D eigenvalue weighted by Crippen LogP contribution is 2.09. The van der Waals surface area contributed by atoms with E-state index in [0.29, 0.717) is 12.1 Å². The van der Waals surface area contributed by atoms with Crippen molar-refractivity contribution in [2.45, 2.75) is 25.9 Å². The molecule has 3 aromatic rings. The van der Waals surface area contributed by atoms with E-state index in [1.54, 1.807) is 18.3 Å². The molecule has 0 atom stereocenters. The normalized spacial score (nSPS) is 10.3. The molecule has 24 heavy (non-hydrogen) atoms. The second-order valence-electron chi connectivity index (χ2n) is 5.52. The molecule has 2 aromatic heterocycles. The van der Waals surface area contributed by atoms with Crippen molar-refractivity contribution in [1.29, 1.82) is 5.26 Å². The fourth-order valence-electron chi connectivity index (χ4n) is 2.54. The first kappa shape index (κ1) is 15.8. The molecule has 0 amide bonds. The van der Waals surface area contributed by atoms with Crippen LogP contribution in [0.25, 0.3) is 0 Å². The number of nitrogens with one attached hydrogen (secondary N) is 1. The zero-order valence-electron chi connectivity index (χ0n) is 13.4. The number of imidazole rings is 1. The van der Waals surface area contributed by atoms with E-state index in [9.17, 15) is 0 Å². The van der Waals surface area contributed by atoms with Crippen LogP contribution in [0, 0.1) is 11.3 Å². The molecule has 0 aliphatic carbocycles. The molecule has 0 radical (unpaired) electrons. The minimum absolute atomic E-state index is 0.558. The van der Waals surface area contributed by atoms with Crippen LogP contribution in [-0.2, 0) is 19.5 Å². The van der Waals surface area contributed by atoms with Crippen molar-refractivity contribution < 1.29 is 0 Å². The lowest BCUT2D eigenvalue weighted by molar-refractivity contribution is 0.615. The van der Waals surface area contributed by atoms with Crippen molar-refractivity contribution in [3.63, 3.8) is 0 Å². The molecule has 0 aliphatic heterocycles. The number of aromatic nitrogens is 3. The van der Waals surface area contributed by atoms with Crippen molar-refractivity contribution in [3.8, 4) is 6.07 Å². The molecule has 5 heteroatoms. The zero-order valence-corrected chi connectivity index (χ0v) is 13.4. The Balaban J connectivity index is 1.52. The molecule has 0 spiro atoms. The Morgan fingerprint density at radius 3 is 2.71 bits per heavy atom. The van der Waals surface area contributed by atoms with Gasteiger partial charge in [-0.3, -0.25) is 0 Å². The number of nitrogens with zero attached hydrogens (tertiary/aromatic N) is 4. The van der Waals surface area contributed by atoms with Crippen LogP contribution in [0.3, 0.4) is 0 Å². The average Bonchev–Trinajstić information content (AvgIpc) is 3.09. The molecule has 1 N–H and O–H groups in total. The Hall–Kier alpha value is -3.13. The van der Waals surface area contributed by atoms with Crippen LogP contribution in [0.5, 0.6) is 0 Å². The molecule has 0 fully saturated rings. The monoisotopic (exact) mass is 317 g/mol. The van der Waals surface area contributed by atoms with E-state index in [4.69, 9.17) is 5.26 Å². The molecule has 5 nitrogen and oxygen atoms in total. The number of pyridine rings is 1. The van der Waals surface area contributed by atoms with Gasteiger partial charge in [0.2, 0.25) is 0 Å². The van der Waals surface area contributed by atoms with E-state index in [-0.39, 0.29) is 0 Å². The first-order chi connectivity index (χ1) is 11.8. The molecule has 2 heterocycles. The highest BCUT2D eigenvalue weighted by molar-refractivity contribution is 5.38. The summed E-state index contributed by atoms with van der Waals surface area (Å²) in [6, 6.07) is 16.1. The van der Waals surface area contributed by atoms with Crippen LogP contribution in [0.1, 0.15) is 23.4 Å². The van der Waals surface area contributed by atoms with Gasteiger partial charge >= 0.3 is 0 Å². The van der Waals surface area contributed by atoms with E-state index in [1.165, 1.54) is 5.56 Å². The lowest BCUT2D eigenvalue weighted by Gasteiger charge is -2.09. The second kappa shape index (κ2) is 7.93. The van der Waals surface area contributed by atoms with E-state index in [0.717, 1.165) is 31.0 Å². The van der Waals surface area contributed by atoms with Gasteiger partial charge < -0.3 is 9.88 Å². The van der Waals surface area contributed by atoms with Crippen molar-refractivity contribution in [3.05, 3.63) is 78.0 Å². The number of hydrogen-bond donors (Lipinski definition) is 1. The van der Waals surface area contributed by atoms with E-state index in [1.807, 2.05) is 18.5 Å². The third-order valence-electron chi connectivity index (χ3n) is 3.83. The predicted molar refractivity (Wildman–Crippen MR) is 93.3 cm³/mol. The van der Waals surface area contributed by atoms with Crippen molar-refractivity contribution in [1.82, 2.24) is 14.5 Å². The van der Waals surface area contributed by atoms with Gasteiger partial charge in [-0.15, -0.1) is 0 Å². The van der Waals surface area contributed by atoms with Crippen molar-refractivity contribution in [2.24, 2.45) is 0 Å². The van der Waals surface area contributed by atoms with Crippen LogP contribution < -0.4 is 5.32 Å². The number of benzene rings is 1. The van der Waals surface area contributed by atoms with Crippen molar-refractivity contribution >= 4 is 5.82 Å². The summed E-state index contributed by atoms with van der Waals surface area (Å²) in [5, 5.41) is 12.0. The molecule has 0 saturated carbocycles. The largest absolute Gasteiger partial charge is 0.363 e. The fourth-order valence-corrected chi connectivity index (χ4v) is 2.54. The van der Waals surface area contributed by atoms with E-state index >= 15 is 0 Å². The minimum Gasteiger partial charge on any atom is -0.363 e. The average molecular weight is 317 g/mol. The Labute approximate surface area is 141 Å². The van der Waals surface area contributed by atoms with Gasteiger partial charge in [-0.25, -0.2) is 9.97 Å². The predicted octanol–water partition coefficient (Wildman–Crippen LogP) is 3.39. The van der Waals surface area contributed by atoms with Crippen LogP contribution in [0.2, 0.25) is 0 Å². The molecule has 0 aliphatic rings. The lowest BCUT2D eigenvalue weighted by atomic mass is 10.1. The maximum Gasteiger partial charge on any atom is 0.128 e. The number of rotatable bonds is 7. The lowest BCUT2D eigenvalue weighted by Crippen LogP contribution is -2.10. The van der Waals surface area contributed by atoms with Gasteiger partial charge in [-0.2, -0.15) is 5.26 Å². The van der Waals surface area contributed by atoms with E-state index in [2.05, 4.69) is 50.2 Å². The molecule has 0 unspecified atom stereocenters. The third-order valence-corrected chi connectivity index (χ3v) is 3.83. The zero-order chi connectivity index (χ0) is 16.6. The number of aryl methyl sites for hydroxylation is 2. The summed E-state index contributed by atoms with van der Waals surface area (Å²) in [6.07, 6.45) is 7.53. The van der Waals surface area contributed by atoms with Gasteiger partial charge in [-0.05, 0) is 30.5 Å². The molecule has 0 saturated heterocycles. The van der Waals surface area contributed by atoms with Crippen LogP contribution in [-0.4, -0.2) is 14.5 Å². The van der Waals surface area contributed by atoms with Gasteiger partial charge in [0, 0.05) is 25.1 Å². The van der Waals surface area contributed by atoms with Crippen LogP contribution in [0.15, 0.2) is 61.1 Å². The SMILES string of the molecule is N#Cc1ccc(NCc2nccn2CCCc2ccccc2)nc1. The smallest absolute Gasteiger partial charge is 0.128 e. The maximum atomic E-state index is 8.79. The molecule has 0 bridgehead atoms. The van der Waals surface area contributed by atoms with Gasteiger partial charge in [0.1, 0.15) is 17.7 Å². The molecular formula is C19H19N5. The first-order valence-corrected chi connectivity index (χ1v) is 7.99. The summed E-state index contributed by atoms with van der Waals surface area (Å²) in [6.45, 7) is 1.55.